The second-order valence-corrected chi connectivity index (χ2v) is 6.13. The van der Waals surface area contributed by atoms with Crippen LogP contribution in [0.15, 0.2) is 54.6 Å². The Morgan fingerprint density at radius 2 is 1.72 bits per heavy atom. The van der Waals surface area contributed by atoms with E-state index in [9.17, 15) is 10.0 Å². The van der Waals surface area contributed by atoms with E-state index in [0.717, 1.165) is 17.7 Å². The molecule has 0 amide bonds. The Labute approximate surface area is 149 Å². The number of esters is 1. The molecule has 0 aliphatic carbocycles. The molecule has 0 aliphatic heterocycles. The minimum Gasteiger partial charge on any atom is -0.469 e. The van der Waals surface area contributed by atoms with Crippen LogP contribution in [0, 0.1) is 0 Å². The topological polar surface area (TPSA) is 61.8 Å². The summed E-state index contributed by atoms with van der Waals surface area (Å²) in [5, 5.41) is 14.9. The number of ether oxygens (including phenoxy) is 1. The zero-order valence-corrected chi connectivity index (χ0v) is 14.8. The van der Waals surface area contributed by atoms with Gasteiger partial charge in [-0.15, -0.1) is 0 Å². The Hall–Kier alpha value is -2.21. The summed E-state index contributed by atoms with van der Waals surface area (Å²) < 4.78 is 4.66. The minimum absolute atomic E-state index is 0.0153. The van der Waals surface area contributed by atoms with E-state index in [1.807, 2.05) is 49.4 Å². The van der Waals surface area contributed by atoms with Crippen molar-refractivity contribution in [2.24, 2.45) is 0 Å². The van der Waals surface area contributed by atoms with Crippen molar-refractivity contribution < 1.29 is 14.7 Å². The zero-order chi connectivity index (χ0) is 18.1. The number of hydrogen-bond donors (Lipinski definition) is 2. The molecule has 0 saturated carbocycles. The largest absolute Gasteiger partial charge is 0.469 e. The maximum atomic E-state index is 11.3. The van der Waals surface area contributed by atoms with Crippen molar-refractivity contribution in [1.82, 2.24) is 10.4 Å². The number of carbonyl (C=O) groups is 1. The van der Waals surface area contributed by atoms with Crippen LogP contribution in [0.4, 0.5) is 0 Å². The molecule has 25 heavy (non-hydrogen) atoms. The number of carbonyl (C=O) groups excluding carboxylic acids is 1. The van der Waals surface area contributed by atoms with Gasteiger partial charge in [0, 0.05) is 25.7 Å². The van der Waals surface area contributed by atoms with E-state index in [1.54, 1.807) is 0 Å². The highest BCUT2D eigenvalue weighted by molar-refractivity contribution is 5.72. The van der Waals surface area contributed by atoms with Crippen molar-refractivity contribution in [3.05, 3.63) is 71.3 Å². The van der Waals surface area contributed by atoms with Gasteiger partial charge in [-0.05, 0) is 23.6 Å². The van der Waals surface area contributed by atoms with E-state index < -0.39 is 0 Å². The van der Waals surface area contributed by atoms with E-state index in [-0.39, 0.29) is 18.4 Å². The minimum atomic E-state index is -0.255. The molecule has 134 valence electrons. The van der Waals surface area contributed by atoms with E-state index in [1.165, 1.54) is 17.7 Å². The highest BCUT2D eigenvalue weighted by Crippen LogP contribution is 2.09. The molecule has 0 fully saturated rings. The van der Waals surface area contributed by atoms with Gasteiger partial charge >= 0.3 is 5.97 Å². The molecule has 2 N–H and O–H groups in total. The van der Waals surface area contributed by atoms with Gasteiger partial charge in [0.1, 0.15) is 0 Å². The van der Waals surface area contributed by atoms with E-state index in [2.05, 4.69) is 22.2 Å². The summed E-state index contributed by atoms with van der Waals surface area (Å²) in [6, 6.07) is 17.8. The number of nitrogens with one attached hydrogen (secondary N) is 1. The van der Waals surface area contributed by atoms with Crippen molar-refractivity contribution in [3.8, 4) is 0 Å². The molecule has 0 bridgehead atoms. The molecule has 0 spiro atoms. The number of methoxy groups -OCH3 is 1. The summed E-state index contributed by atoms with van der Waals surface area (Å²) in [6.45, 7) is 3.88. The highest BCUT2D eigenvalue weighted by Gasteiger charge is 2.12. The van der Waals surface area contributed by atoms with Gasteiger partial charge in [-0.3, -0.25) is 4.79 Å². The third-order valence-electron chi connectivity index (χ3n) is 4.06. The third kappa shape index (κ3) is 6.66. The Kier molecular flexibility index (Phi) is 7.60. The number of hydrogen-bond acceptors (Lipinski definition) is 5. The monoisotopic (exact) mass is 342 g/mol. The van der Waals surface area contributed by atoms with Crippen LogP contribution in [0.5, 0.6) is 0 Å². The first kappa shape index (κ1) is 19.1. The maximum absolute atomic E-state index is 11.3. The Balaban J connectivity index is 1.76. The van der Waals surface area contributed by atoms with Gasteiger partial charge in [-0.2, -0.15) is 5.06 Å². The highest BCUT2D eigenvalue weighted by atomic mass is 16.5. The summed E-state index contributed by atoms with van der Waals surface area (Å²) in [5.74, 6) is -0.255. The van der Waals surface area contributed by atoms with Crippen LogP contribution in [0.3, 0.4) is 0 Å². The summed E-state index contributed by atoms with van der Waals surface area (Å²) in [5.41, 5.74) is 3.11. The number of benzene rings is 2. The first-order chi connectivity index (χ1) is 12.1. The predicted octanol–water partition coefficient (Wildman–Crippen LogP) is 2.77. The third-order valence-corrected chi connectivity index (χ3v) is 4.06. The molecule has 1 atom stereocenters. The molecule has 2 aromatic rings. The van der Waals surface area contributed by atoms with Gasteiger partial charge in [0.25, 0.3) is 0 Å². The van der Waals surface area contributed by atoms with Crippen molar-refractivity contribution >= 4 is 5.97 Å². The smallest absolute Gasteiger partial charge is 0.309 e. The van der Waals surface area contributed by atoms with Crippen LogP contribution in [-0.4, -0.2) is 35.9 Å². The lowest BCUT2D eigenvalue weighted by Gasteiger charge is -2.23. The van der Waals surface area contributed by atoms with Crippen molar-refractivity contribution in [2.75, 3.05) is 13.7 Å². The molecule has 1 unspecified atom stereocenters. The lowest BCUT2D eigenvalue weighted by atomic mass is 10.1. The van der Waals surface area contributed by atoms with Gasteiger partial charge in [0.05, 0.1) is 13.5 Å². The molecule has 2 aromatic carbocycles. The number of hydroxylamine groups is 2. The second-order valence-electron chi connectivity index (χ2n) is 6.13. The molecule has 5 heteroatoms. The molecular formula is C20H26N2O3. The Morgan fingerprint density at radius 1 is 1.08 bits per heavy atom. The van der Waals surface area contributed by atoms with E-state index >= 15 is 0 Å². The number of nitrogens with zero attached hydrogens (tertiary/aromatic N) is 1. The van der Waals surface area contributed by atoms with Gasteiger partial charge in [0.15, 0.2) is 0 Å². The van der Waals surface area contributed by atoms with Gasteiger partial charge in [0.2, 0.25) is 0 Å². The molecule has 0 saturated heterocycles. The predicted molar refractivity (Wildman–Crippen MR) is 97.1 cm³/mol. The molecule has 2 rings (SSSR count). The van der Waals surface area contributed by atoms with E-state index in [0.29, 0.717) is 13.1 Å². The Bertz CT molecular complexity index is 644. The standard InChI is InChI=1S/C20H26N2O3/c1-16(13-21-14-18-6-4-3-5-7-18)22(24)15-19-10-8-17(9-11-19)12-20(23)25-2/h3-11,16,21,24H,12-15H2,1-2H3. The SMILES string of the molecule is COC(=O)Cc1ccc(CN(O)C(C)CNCc2ccccc2)cc1. The van der Waals surface area contributed by atoms with Crippen molar-refractivity contribution in [1.29, 1.82) is 0 Å². The fraction of sp³-hybridized carbons (Fsp3) is 0.350. The molecule has 0 aliphatic rings. The summed E-state index contributed by atoms with van der Waals surface area (Å²) in [6.07, 6.45) is 0.263. The van der Waals surface area contributed by atoms with Crippen molar-refractivity contribution in [3.63, 3.8) is 0 Å². The van der Waals surface area contributed by atoms with Gasteiger partial charge in [-0.1, -0.05) is 54.6 Å². The normalized spacial score (nSPS) is 12.2. The van der Waals surface area contributed by atoms with Gasteiger partial charge in [-0.25, -0.2) is 0 Å². The number of rotatable bonds is 9. The van der Waals surface area contributed by atoms with Crippen LogP contribution in [-0.2, 0) is 29.0 Å². The second kappa shape index (κ2) is 9.93. The molecule has 0 aromatic heterocycles. The van der Waals surface area contributed by atoms with E-state index in [4.69, 9.17) is 0 Å². The molecular weight excluding hydrogens is 316 g/mol. The van der Waals surface area contributed by atoms with Crippen LogP contribution in [0.2, 0.25) is 0 Å². The average Bonchev–Trinajstić information content (AvgIpc) is 2.64. The summed E-state index contributed by atoms with van der Waals surface area (Å²) in [7, 11) is 1.38. The molecule has 0 radical (unpaired) electrons. The first-order valence-electron chi connectivity index (χ1n) is 8.43. The lowest BCUT2D eigenvalue weighted by molar-refractivity contribution is -0.139. The van der Waals surface area contributed by atoms with Crippen LogP contribution in [0.1, 0.15) is 23.6 Å². The first-order valence-corrected chi connectivity index (χ1v) is 8.43. The molecule has 5 nitrogen and oxygen atoms in total. The Morgan fingerprint density at radius 3 is 2.36 bits per heavy atom. The molecule has 0 heterocycles. The van der Waals surface area contributed by atoms with Crippen LogP contribution >= 0.6 is 0 Å². The van der Waals surface area contributed by atoms with Crippen molar-refractivity contribution in [2.45, 2.75) is 32.5 Å². The van der Waals surface area contributed by atoms with Crippen LogP contribution < -0.4 is 5.32 Å². The van der Waals surface area contributed by atoms with Crippen LogP contribution in [0.25, 0.3) is 0 Å². The lowest BCUT2D eigenvalue weighted by Crippen LogP contribution is -2.37. The average molecular weight is 342 g/mol. The zero-order valence-electron chi connectivity index (χ0n) is 14.8. The quantitative estimate of drug-likeness (QED) is 0.542. The fourth-order valence-electron chi connectivity index (χ4n) is 2.47. The summed E-state index contributed by atoms with van der Waals surface area (Å²) in [4.78, 5) is 11.3. The maximum Gasteiger partial charge on any atom is 0.309 e. The van der Waals surface area contributed by atoms with Gasteiger partial charge < -0.3 is 15.3 Å². The summed E-state index contributed by atoms with van der Waals surface area (Å²) >= 11 is 0. The fourth-order valence-corrected chi connectivity index (χ4v) is 2.47.